The van der Waals surface area contributed by atoms with Crippen LogP contribution in [0.2, 0.25) is 0 Å². The number of anilines is 2. The quantitative estimate of drug-likeness (QED) is 0.407. The maximum absolute atomic E-state index is 14.8. The van der Waals surface area contributed by atoms with E-state index in [2.05, 4.69) is 10.6 Å². The van der Waals surface area contributed by atoms with Crippen LogP contribution in [0.4, 0.5) is 20.6 Å². The van der Waals surface area contributed by atoms with Gasteiger partial charge < -0.3 is 25.0 Å². The highest BCUT2D eigenvalue weighted by Crippen LogP contribution is 2.40. The van der Waals surface area contributed by atoms with Gasteiger partial charge in [0.25, 0.3) is 5.56 Å². The number of benzene rings is 2. The third kappa shape index (κ3) is 4.16. The van der Waals surface area contributed by atoms with Crippen molar-refractivity contribution in [3.63, 3.8) is 0 Å². The largest absolute Gasteiger partial charge is 0.444 e. The number of carbonyl (C=O) groups is 2. The Kier molecular flexibility index (Phi) is 6.13. The fraction of sp³-hybridized carbons (Fsp3) is 0.346. The van der Waals surface area contributed by atoms with Gasteiger partial charge in [-0.15, -0.1) is 11.8 Å². The third-order valence-electron chi connectivity index (χ3n) is 7.14. The van der Waals surface area contributed by atoms with E-state index in [-0.39, 0.29) is 24.2 Å². The van der Waals surface area contributed by atoms with Gasteiger partial charge in [-0.05, 0) is 61.2 Å². The summed E-state index contributed by atoms with van der Waals surface area (Å²) in [7, 11) is 0. The maximum atomic E-state index is 14.8. The summed E-state index contributed by atoms with van der Waals surface area (Å²) in [6.45, 7) is 0.561. The van der Waals surface area contributed by atoms with Crippen LogP contribution in [0.25, 0.3) is 10.9 Å². The smallest absolute Gasteiger partial charge is 0.414 e. The summed E-state index contributed by atoms with van der Waals surface area (Å²) in [5.41, 5.74) is 1.99. The predicted molar refractivity (Wildman–Crippen MR) is 138 cm³/mol. The number of amides is 2. The zero-order valence-corrected chi connectivity index (χ0v) is 20.6. The number of aliphatic hydroxyl groups is 1. The summed E-state index contributed by atoms with van der Waals surface area (Å²) in [5, 5.41) is 17.0. The molecular weight excluding hydrogens is 499 g/mol. The van der Waals surface area contributed by atoms with Crippen molar-refractivity contribution in [3.8, 4) is 0 Å². The molecule has 0 radical (unpaired) electrons. The van der Waals surface area contributed by atoms with E-state index in [0.717, 1.165) is 10.3 Å². The maximum Gasteiger partial charge on any atom is 0.414 e. The second kappa shape index (κ2) is 9.47. The Hall–Kier alpha value is -3.41. The van der Waals surface area contributed by atoms with E-state index in [1.54, 1.807) is 23.1 Å². The topological polar surface area (TPSA) is 113 Å². The standard InChI is InChI=1S/C26H25FN4O5S/c27-17-6-3-14-4-8-22(34)31-19(12-32)24(23(17)25(14)31)28-9-1-2-16-11-30(26(35)36-16)15-5-7-20-18(10-15)29-21(33)13-37-20/h3-8,10,16,19,24,28,32H,1-2,9,11-13H2,(H,29,33)/t16-,19-,24-/m1/s1. The molecule has 3 aliphatic heterocycles. The van der Waals surface area contributed by atoms with Crippen LogP contribution >= 0.6 is 11.8 Å². The first-order valence-corrected chi connectivity index (χ1v) is 13.2. The molecule has 0 bridgehead atoms. The predicted octanol–water partition coefficient (Wildman–Crippen LogP) is 3.17. The molecule has 0 unspecified atom stereocenters. The van der Waals surface area contributed by atoms with Gasteiger partial charge in [-0.3, -0.25) is 14.5 Å². The normalized spacial score (nSPS) is 22.3. The fourth-order valence-electron chi connectivity index (χ4n) is 5.46. The van der Waals surface area contributed by atoms with Crippen molar-refractivity contribution in [3.05, 3.63) is 64.2 Å². The number of ether oxygens (including phenoxy) is 1. The number of thioether (sulfide) groups is 1. The van der Waals surface area contributed by atoms with Crippen molar-refractivity contribution in [2.75, 3.05) is 35.7 Å². The van der Waals surface area contributed by atoms with Gasteiger partial charge in [0, 0.05) is 22.2 Å². The van der Waals surface area contributed by atoms with E-state index in [4.69, 9.17) is 4.74 Å². The molecule has 3 N–H and O–H groups in total. The number of rotatable bonds is 7. The van der Waals surface area contributed by atoms with Gasteiger partial charge >= 0.3 is 6.09 Å². The number of hydrogen-bond acceptors (Lipinski definition) is 7. The van der Waals surface area contributed by atoms with Crippen molar-refractivity contribution in [2.45, 2.75) is 35.9 Å². The van der Waals surface area contributed by atoms with Crippen LogP contribution in [0, 0.1) is 5.82 Å². The Morgan fingerprint density at radius 1 is 1.16 bits per heavy atom. The number of cyclic esters (lactones) is 1. The summed E-state index contributed by atoms with van der Waals surface area (Å²) in [4.78, 5) is 39.3. The molecule has 6 rings (SSSR count). The van der Waals surface area contributed by atoms with Crippen molar-refractivity contribution >= 4 is 46.0 Å². The Bertz CT molecular complexity index is 1480. The van der Waals surface area contributed by atoms with Gasteiger partial charge in [0.1, 0.15) is 11.9 Å². The summed E-state index contributed by atoms with van der Waals surface area (Å²) in [6.07, 6.45) is 0.474. The lowest BCUT2D eigenvalue weighted by Gasteiger charge is -2.22. The van der Waals surface area contributed by atoms with E-state index < -0.39 is 24.0 Å². The van der Waals surface area contributed by atoms with E-state index in [9.17, 15) is 23.9 Å². The minimum Gasteiger partial charge on any atom is -0.444 e. The van der Waals surface area contributed by atoms with E-state index >= 15 is 0 Å². The Labute approximate surface area is 215 Å². The molecule has 192 valence electrons. The van der Waals surface area contributed by atoms with Gasteiger partial charge in [-0.1, -0.05) is 0 Å². The summed E-state index contributed by atoms with van der Waals surface area (Å²) < 4.78 is 21.9. The molecule has 2 amide bonds. The number of carbonyl (C=O) groups excluding carboxylic acids is 2. The highest BCUT2D eigenvalue weighted by Gasteiger charge is 2.37. The number of halogens is 1. The zero-order chi connectivity index (χ0) is 25.7. The second-order valence-corrected chi connectivity index (χ2v) is 10.4. The van der Waals surface area contributed by atoms with Crippen molar-refractivity contribution in [1.82, 2.24) is 9.88 Å². The lowest BCUT2D eigenvalue weighted by atomic mass is 10.0. The minimum atomic E-state index is -0.606. The number of pyridine rings is 1. The lowest BCUT2D eigenvalue weighted by Crippen LogP contribution is -2.33. The lowest BCUT2D eigenvalue weighted by molar-refractivity contribution is -0.113. The molecule has 4 heterocycles. The first kappa shape index (κ1) is 24.0. The van der Waals surface area contributed by atoms with Crippen LogP contribution in [0.3, 0.4) is 0 Å². The third-order valence-corrected chi connectivity index (χ3v) is 8.22. The Balaban J connectivity index is 1.10. The van der Waals surface area contributed by atoms with Crippen LogP contribution in [0.1, 0.15) is 30.5 Å². The molecule has 3 aliphatic rings. The van der Waals surface area contributed by atoms with Crippen LogP contribution < -0.4 is 21.1 Å². The van der Waals surface area contributed by atoms with E-state index in [1.807, 2.05) is 12.1 Å². The molecule has 0 spiro atoms. The molecular formula is C26H25FN4O5S. The van der Waals surface area contributed by atoms with Gasteiger partial charge in [-0.2, -0.15) is 0 Å². The van der Waals surface area contributed by atoms with Crippen LogP contribution in [0.15, 0.2) is 52.2 Å². The molecule has 3 atom stereocenters. The van der Waals surface area contributed by atoms with Crippen LogP contribution in [-0.4, -0.2) is 53.2 Å². The zero-order valence-electron chi connectivity index (χ0n) is 19.8. The molecule has 1 saturated heterocycles. The molecule has 11 heteroatoms. The second-order valence-electron chi connectivity index (χ2n) is 9.40. The Morgan fingerprint density at radius 2 is 2.00 bits per heavy atom. The minimum absolute atomic E-state index is 0.0705. The number of aliphatic hydroxyl groups excluding tert-OH is 1. The molecule has 1 fully saturated rings. The number of aromatic nitrogens is 1. The molecule has 3 aromatic rings. The molecule has 0 saturated carbocycles. The van der Waals surface area contributed by atoms with Gasteiger partial charge in [0.05, 0.1) is 42.2 Å². The molecule has 9 nitrogen and oxygen atoms in total. The Morgan fingerprint density at radius 3 is 2.84 bits per heavy atom. The average Bonchev–Trinajstić information content (AvgIpc) is 3.43. The van der Waals surface area contributed by atoms with Crippen LogP contribution in [-0.2, 0) is 9.53 Å². The highest BCUT2D eigenvalue weighted by atomic mass is 32.2. The average molecular weight is 525 g/mol. The number of fused-ring (bicyclic) bond motifs is 1. The fourth-order valence-corrected chi connectivity index (χ4v) is 6.24. The van der Waals surface area contributed by atoms with E-state index in [0.29, 0.717) is 54.1 Å². The van der Waals surface area contributed by atoms with Crippen molar-refractivity contribution in [2.24, 2.45) is 0 Å². The first-order valence-electron chi connectivity index (χ1n) is 12.2. The van der Waals surface area contributed by atoms with Gasteiger partial charge in [0.2, 0.25) is 5.91 Å². The number of hydrogen-bond donors (Lipinski definition) is 3. The molecule has 37 heavy (non-hydrogen) atoms. The SMILES string of the molecule is O=C1CSc2ccc(N3C[C@@H](CCCN[C@H]4c5c(F)ccc6ccc(=O)n(c56)[C@@H]4CO)OC3=O)cc2N1. The molecule has 2 aromatic carbocycles. The van der Waals surface area contributed by atoms with Crippen molar-refractivity contribution in [1.29, 1.82) is 0 Å². The van der Waals surface area contributed by atoms with E-state index in [1.165, 1.54) is 28.5 Å². The summed E-state index contributed by atoms with van der Waals surface area (Å²) in [5.74, 6) is -0.113. The van der Waals surface area contributed by atoms with Crippen molar-refractivity contribution < 1.29 is 23.8 Å². The molecule has 1 aromatic heterocycles. The molecule has 0 aliphatic carbocycles. The van der Waals surface area contributed by atoms with Gasteiger partial charge in [0.15, 0.2) is 0 Å². The summed E-state index contributed by atoms with van der Waals surface area (Å²) in [6, 6.07) is 10.5. The first-order chi connectivity index (χ1) is 17.9. The monoisotopic (exact) mass is 524 g/mol. The highest BCUT2D eigenvalue weighted by molar-refractivity contribution is 8.00. The number of nitrogens with zero attached hydrogens (tertiary/aromatic N) is 2. The number of nitrogens with one attached hydrogen (secondary N) is 2. The van der Waals surface area contributed by atoms with Crippen LogP contribution in [0.5, 0.6) is 0 Å². The van der Waals surface area contributed by atoms with Gasteiger partial charge in [-0.25, -0.2) is 9.18 Å². The summed E-state index contributed by atoms with van der Waals surface area (Å²) >= 11 is 1.46.